The van der Waals surface area contributed by atoms with Gasteiger partial charge in [-0.1, -0.05) is 44.2 Å². The van der Waals surface area contributed by atoms with E-state index in [0.29, 0.717) is 19.1 Å². The molecule has 0 saturated carbocycles. The number of aliphatic hydroxyl groups excluding tert-OH is 1. The molecule has 0 amide bonds. The molecule has 0 fully saturated rings. The third-order valence-electron chi connectivity index (χ3n) is 2.96. The van der Waals surface area contributed by atoms with Gasteiger partial charge in [0.05, 0.1) is 18.8 Å². The smallest absolute Gasteiger partial charge is 0.0907 e. The van der Waals surface area contributed by atoms with Crippen LogP contribution in [0.4, 0.5) is 0 Å². The second-order valence-corrected chi connectivity index (χ2v) is 5.81. The predicted molar refractivity (Wildman–Crippen MR) is 79.1 cm³/mol. The highest BCUT2D eigenvalue weighted by Crippen LogP contribution is 2.22. The molecule has 2 N–H and O–H groups in total. The van der Waals surface area contributed by atoms with Crippen LogP contribution >= 0.6 is 0 Å². The van der Waals surface area contributed by atoms with Crippen LogP contribution in [0.1, 0.15) is 33.3 Å². The summed E-state index contributed by atoms with van der Waals surface area (Å²) in [6, 6.07) is 10.3. The van der Waals surface area contributed by atoms with E-state index >= 15 is 0 Å². The molecule has 0 spiro atoms. The molecule has 3 heteroatoms. The van der Waals surface area contributed by atoms with Gasteiger partial charge in [0.15, 0.2) is 0 Å². The monoisotopic (exact) mass is 265 g/mol. The summed E-state index contributed by atoms with van der Waals surface area (Å²) in [4.78, 5) is 0. The minimum Gasteiger partial charge on any atom is -0.394 e. The van der Waals surface area contributed by atoms with E-state index in [1.165, 1.54) is 0 Å². The van der Waals surface area contributed by atoms with Crippen molar-refractivity contribution in [3.63, 3.8) is 0 Å². The Labute approximate surface area is 117 Å². The molecule has 0 aliphatic rings. The molecule has 1 atom stereocenters. The van der Waals surface area contributed by atoms with E-state index < -0.39 is 5.54 Å². The quantitative estimate of drug-likeness (QED) is 0.759. The minimum atomic E-state index is -0.523. The fraction of sp³-hybridized carbons (Fsp3) is 0.625. The summed E-state index contributed by atoms with van der Waals surface area (Å²) < 4.78 is 5.78. The minimum absolute atomic E-state index is 0.0211. The zero-order chi connectivity index (χ0) is 14.3. The fourth-order valence-corrected chi connectivity index (χ4v) is 2.17. The van der Waals surface area contributed by atoms with E-state index in [9.17, 15) is 5.11 Å². The van der Waals surface area contributed by atoms with E-state index in [1.54, 1.807) is 0 Å². The zero-order valence-electron chi connectivity index (χ0n) is 12.5. The van der Waals surface area contributed by atoms with Crippen molar-refractivity contribution in [2.45, 2.75) is 39.3 Å². The summed E-state index contributed by atoms with van der Waals surface area (Å²) in [5.41, 5.74) is 0.541. The number of hydrogen-bond donors (Lipinski definition) is 2. The Hall–Kier alpha value is -0.900. The van der Waals surface area contributed by atoms with Gasteiger partial charge in [-0.15, -0.1) is 0 Å². The lowest BCUT2D eigenvalue weighted by molar-refractivity contribution is 0.0186. The van der Waals surface area contributed by atoms with E-state index in [-0.39, 0.29) is 12.6 Å². The Bertz CT molecular complexity index is 351. The highest BCUT2D eigenvalue weighted by atomic mass is 16.5. The third kappa shape index (κ3) is 4.94. The first-order chi connectivity index (χ1) is 9.00. The summed E-state index contributed by atoms with van der Waals surface area (Å²) in [6.07, 6.45) is 0. The molecule has 1 rings (SSSR count). The molecule has 0 aromatic heterocycles. The molecule has 1 aromatic rings. The summed E-state index contributed by atoms with van der Waals surface area (Å²) in [7, 11) is 0. The maximum Gasteiger partial charge on any atom is 0.0907 e. The second-order valence-electron chi connectivity index (χ2n) is 5.81. The van der Waals surface area contributed by atoms with Gasteiger partial charge in [0.2, 0.25) is 0 Å². The molecule has 0 saturated heterocycles. The van der Waals surface area contributed by atoms with Gasteiger partial charge in [0.25, 0.3) is 0 Å². The molecular formula is C16H27NO2. The van der Waals surface area contributed by atoms with Crippen LogP contribution in [-0.4, -0.2) is 31.0 Å². The lowest BCUT2D eigenvalue weighted by atomic mass is 9.90. The fourth-order valence-electron chi connectivity index (χ4n) is 2.17. The van der Waals surface area contributed by atoms with Gasteiger partial charge < -0.3 is 15.2 Å². The SMILES string of the molecule is CC(C)COCC(CO)(NC(C)C)c1ccccc1. The van der Waals surface area contributed by atoms with Crippen molar-refractivity contribution in [2.75, 3.05) is 19.8 Å². The van der Waals surface area contributed by atoms with E-state index in [4.69, 9.17) is 4.74 Å². The number of hydrogen-bond acceptors (Lipinski definition) is 3. The van der Waals surface area contributed by atoms with Gasteiger partial charge in [-0.05, 0) is 25.3 Å². The van der Waals surface area contributed by atoms with Crippen LogP contribution < -0.4 is 5.32 Å². The van der Waals surface area contributed by atoms with Crippen LogP contribution in [0, 0.1) is 5.92 Å². The maximum atomic E-state index is 9.90. The van der Waals surface area contributed by atoms with Gasteiger partial charge in [0.1, 0.15) is 0 Å². The van der Waals surface area contributed by atoms with Crippen molar-refractivity contribution in [2.24, 2.45) is 5.92 Å². The summed E-state index contributed by atoms with van der Waals surface area (Å²) in [5, 5.41) is 13.4. The lowest BCUT2D eigenvalue weighted by Crippen LogP contribution is -2.52. The number of rotatable bonds is 8. The lowest BCUT2D eigenvalue weighted by Gasteiger charge is -2.35. The average molecular weight is 265 g/mol. The van der Waals surface area contributed by atoms with Crippen molar-refractivity contribution in [3.8, 4) is 0 Å². The second kappa shape index (κ2) is 7.63. The molecule has 1 unspecified atom stereocenters. The highest BCUT2D eigenvalue weighted by Gasteiger charge is 2.32. The topological polar surface area (TPSA) is 41.5 Å². The van der Waals surface area contributed by atoms with E-state index in [2.05, 4.69) is 33.0 Å². The van der Waals surface area contributed by atoms with Crippen molar-refractivity contribution >= 4 is 0 Å². The van der Waals surface area contributed by atoms with Gasteiger partial charge in [0, 0.05) is 12.6 Å². The van der Waals surface area contributed by atoms with Crippen LogP contribution in [0.25, 0.3) is 0 Å². The Kier molecular flexibility index (Phi) is 6.49. The Morgan fingerprint density at radius 3 is 2.26 bits per heavy atom. The molecule has 1 aromatic carbocycles. The standard InChI is InChI=1S/C16H27NO2/c1-13(2)10-19-12-16(11-18,17-14(3)4)15-8-6-5-7-9-15/h5-9,13-14,17-18H,10-12H2,1-4H3. The Morgan fingerprint density at radius 1 is 1.16 bits per heavy atom. The third-order valence-corrected chi connectivity index (χ3v) is 2.96. The summed E-state index contributed by atoms with van der Waals surface area (Å²) in [6.45, 7) is 9.61. The van der Waals surface area contributed by atoms with Gasteiger partial charge >= 0.3 is 0 Å². The molecule has 0 heterocycles. The predicted octanol–water partition coefficient (Wildman–Crippen LogP) is 2.54. The highest BCUT2D eigenvalue weighted by molar-refractivity contribution is 5.25. The first-order valence-electron chi connectivity index (χ1n) is 7.02. The van der Waals surface area contributed by atoms with Gasteiger partial charge in [-0.2, -0.15) is 0 Å². The number of aliphatic hydroxyl groups is 1. The van der Waals surface area contributed by atoms with Crippen LogP contribution in [0.2, 0.25) is 0 Å². The first-order valence-corrected chi connectivity index (χ1v) is 7.02. The Balaban J connectivity index is 2.88. The number of nitrogens with one attached hydrogen (secondary N) is 1. The normalized spacial score (nSPS) is 14.9. The van der Waals surface area contributed by atoms with E-state index in [0.717, 1.165) is 5.56 Å². The average Bonchev–Trinajstić information content (AvgIpc) is 2.37. The van der Waals surface area contributed by atoms with Crippen molar-refractivity contribution in [1.29, 1.82) is 0 Å². The maximum absolute atomic E-state index is 9.90. The molecule has 0 bridgehead atoms. The summed E-state index contributed by atoms with van der Waals surface area (Å²) in [5.74, 6) is 0.492. The van der Waals surface area contributed by atoms with Crippen LogP contribution in [-0.2, 0) is 10.3 Å². The number of benzene rings is 1. The number of ether oxygens (including phenoxy) is 1. The zero-order valence-corrected chi connectivity index (χ0v) is 12.5. The van der Waals surface area contributed by atoms with Crippen LogP contribution in [0.5, 0.6) is 0 Å². The molecule has 0 radical (unpaired) electrons. The molecule has 0 aliphatic carbocycles. The van der Waals surface area contributed by atoms with Crippen LogP contribution in [0.15, 0.2) is 30.3 Å². The van der Waals surface area contributed by atoms with E-state index in [1.807, 2.05) is 30.3 Å². The largest absolute Gasteiger partial charge is 0.394 e. The molecule has 0 aliphatic heterocycles. The van der Waals surface area contributed by atoms with Crippen molar-refractivity contribution < 1.29 is 9.84 Å². The van der Waals surface area contributed by atoms with Crippen molar-refractivity contribution in [3.05, 3.63) is 35.9 Å². The molecular weight excluding hydrogens is 238 g/mol. The van der Waals surface area contributed by atoms with Gasteiger partial charge in [-0.25, -0.2) is 0 Å². The molecule has 19 heavy (non-hydrogen) atoms. The Morgan fingerprint density at radius 2 is 1.79 bits per heavy atom. The van der Waals surface area contributed by atoms with Crippen molar-refractivity contribution in [1.82, 2.24) is 5.32 Å². The van der Waals surface area contributed by atoms with Crippen LogP contribution in [0.3, 0.4) is 0 Å². The first kappa shape index (κ1) is 16.2. The molecule has 108 valence electrons. The van der Waals surface area contributed by atoms with Gasteiger partial charge in [-0.3, -0.25) is 0 Å². The molecule has 3 nitrogen and oxygen atoms in total. The summed E-state index contributed by atoms with van der Waals surface area (Å²) >= 11 is 0.